The molecule has 1 unspecified atom stereocenters. The lowest BCUT2D eigenvalue weighted by Gasteiger charge is -2.19. The molecule has 176 valence electrons. The first-order valence-electron chi connectivity index (χ1n) is 10.6. The lowest BCUT2D eigenvalue weighted by molar-refractivity contribution is 0.557. The number of rotatable bonds is 6. The number of allylic oxidation sites excluding steroid dienone is 1. The molecule has 3 N–H and O–H groups in total. The summed E-state index contributed by atoms with van der Waals surface area (Å²) in [7, 11) is 1.59. The molecule has 0 aliphatic heterocycles. The Bertz CT molecular complexity index is 1570. The second kappa shape index (κ2) is 9.83. The number of hydrogen-bond acceptors (Lipinski definition) is 9. The highest BCUT2D eigenvalue weighted by Crippen LogP contribution is 2.33. The Morgan fingerprint density at radius 2 is 2.17 bits per heavy atom. The summed E-state index contributed by atoms with van der Waals surface area (Å²) in [5.41, 5.74) is 9.09. The Morgan fingerprint density at radius 1 is 1.37 bits per heavy atom. The molecular formula is C25H21ClN6O3. The van der Waals surface area contributed by atoms with Gasteiger partial charge in [-0.05, 0) is 37.6 Å². The molecule has 0 aliphatic rings. The van der Waals surface area contributed by atoms with Crippen molar-refractivity contribution < 1.29 is 8.83 Å². The van der Waals surface area contributed by atoms with E-state index in [1.165, 1.54) is 25.1 Å². The van der Waals surface area contributed by atoms with Crippen molar-refractivity contribution in [3.05, 3.63) is 81.1 Å². The van der Waals surface area contributed by atoms with Crippen LogP contribution in [0.25, 0.3) is 27.8 Å². The predicted molar refractivity (Wildman–Crippen MR) is 135 cm³/mol. The Morgan fingerprint density at radius 3 is 2.83 bits per heavy atom. The summed E-state index contributed by atoms with van der Waals surface area (Å²) < 4.78 is 11.5. The van der Waals surface area contributed by atoms with Crippen molar-refractivity contribution in [1.82, 2.24) is 9.97 Å². The van der Waals surface area contributed by atoms with Crippen LogP contribution in [0.3, 0.4) is 0 Å². The Labute approximate surface area is 205 Å². The van der Waals surface area contributed by atoms with Gasteiger partial charge in [-0.3, -0.25) is 9.79 Å². The standard InChI is InChI=1S/C25H21ClN6O3/c1-13-6-16(14(2)31-18-4-5-21(26)32-19(18)9-28)25-17(7-13)23(33)22(20-11-34-12-30-20)24(35-25)15(8-27)10-29-3/h4-8,10-12,14,31H,27H2,1-3H3/b15-8+,29-10?. The number of halogens is 1. The quantitative estimate of drug-likeness (QED) is 0.289. The normalized spacial score (nSPS) is 12.7. The van der Waals surface area contributed by atoms with Crippen molar-refractivity contribution in [3.8, 4) is 17.3 Å². The van der Waals surface area contributed by atoms with Gasteiger partial charge in [-0.1, -0.05) is 17.7 Å². The van der Waals surface area contributed by atoms with E-state index in [0.29, 0.717) is 33.5 Å². The summed E-state index contributed by atoms with van der Waals surface area (Å²) in [6, 6.07) is 8.61. The van der Waals surface area contributed by atoms with Gasteiger partial charge < -0.3 is 19.9 Å². The number of oxazole rings is 1. The van der Waals surface area contributed by atoms with Crippen LogP contribution in [0.2, 0.25) is 5.15 Å². The molecule has 0 amide bonds. The van der Waals surface area contributed by atoms with Crippen molar-refractivity contribution in [2.75, 3.05) is 12.4 Å². The first kappa shape index (κ1) is 23.7. The second-order valence-electron chi connectivity index (χ2n) is 7.76. The largest absolute Gasteiger partial charge is 0.455 e. The molecule has 0 saturated carbocycles. The van der Waals surface area contributed by atoms with E-state index in [0.717, 1.165) is 5.56 Å². The van der Waals surface area contributed by atoms with Crippen LogP contribution in [0.5, 0.6) is 0 Å². The molecular weight excluding hydrogens is 468 g/mol. The summed E-state index contributed by atoms with van der Waals surface area (Å²) >= 11 is 5.93. The van der Waals surface area contributed by atoms with Crippen molar-refractivity contribution in [3.63, 3.8) is 0 Å². The van der Waals surface area contributed by atoms with Crippen LogP contribution >= 0.6 is 11.6 Å². The van der Waals surface area contributed by atoms with Crippen LogP contribution in [0.1, 0.15) is 35.5 Å². The van der Waals surface area contributed by atoms with E-state index in [4.69, 9.17) is 26.2 Å². The van der Waals surface area contributed by atoms with E-state index < -0.39 is 0 Å². The van der Waals surface area contributed by atoms with E-state index in [9.17, 15) is 10.1 Å². The number of fused-ring (bicyclic) bond motifs is 1. The van der Waals surface area contributed by atoms with Crippen LogP contribution < -0.4 is 16.5 Å². The zero-order valence-corrected chi connectivity index (χ0v) is 19.9. The Hall–Kier alpha value is -4.42. The van der Waals surface area contributed by atoms with E-state index in [2.05, 4.69) is 20.3 Å². The predicted octanol–water partition coefficient (Wildman–Crippen LogP) is 4.85. The second-order valence-corrected chi connectivity index (χ2v) is 8.14. The van der Waals surface area contributed by atoms with Gasteiger partial charge in [0.25, 0.3) is 0 Å². The molecule has 4 rings (SSSR count). The average Bonchev–Trinajstić information content (AvgIpc) is 3.37. The van der Waals surface area contributed by atoms with E-state index in [-0.39, 0.29) is 33.6 Å². The third kappa shape index (κ3) is 4.52. The number of nitrogens with two attached hydrogens (primary N) is 1. The highest BCUT2D eigenvalue weighted by atomic mass is 35.5. The van der Waals surface area contributed by atoms with Crippen molar-refractivity contribution in [2.24, 2.45) is 10.7 Å². The van der Waals surface area contributed by atoms with Crippen LogP contribution in [0.4, 0.5) is 5.69 Å². The van der Waals surface area contributed by atoms with E-state index >= 15 is 0 Å². The van der Waals surface area contributed by atoms with Crippen molar-refractivity contribution in [1.29, 1.82) is 5.26 Å². The van der Waals surface area contributed by atoms with Gasteiger partial charge in [0.15, 0.2) is 17.8 Å². The highest BCUT2D eigenvalue weighted by Gasteiger charge is 2.24. The minimum atomic E-state index is -0.369. The Kier molecular flexibility index (Phi) is 6.66. The number of pyridine rings is 1. The van der Waals surface area contributed by atoms with Crippen molar-refractivity contribution in [2.45, 2.75) is 19.9 Å². The highest BCUT2D eigenvalue weighted by molar-refractivity contribution is 6.29. The number of anilines is 1. The fourth-order valence-corrected chi connectivity index (χ4v) is 3.98. The number of hydrogen-bond donors (Lipinski definition) is 2. The SMILES string of the molecule is CN=C/C(=C\N)c1oc2c(C(C)Nc3ccc(Cl)nc3C#N)cc(C)cc2c(=O)c1-c1cocn1. The Balaban J connectivity index is 1.97. The topological polar surface area (TPSA) is 143 Å². The van der Waals surface area contributed by atoms with Gasteiger partial charge in [0.1, 0.15) is 28.8 Å². The lowest BCUT2D eigenvalue weighted by atomic mass is 9.97. The number of aliphatic imine (C=N–C) groups is 1. The molecule has 1 atom stereocenters. The molecule has 10 heteroatoms. The van der Waals surface area contributed by atoms with Gasteiger partial charge in [0, 0.05) is 25.0 Å². The zero-order chi connectivity index (χ0) is 25.1. The summed E-state index contributed by atoms with van der Waals surface area (Å²) in [6.45, 7) is 3.78. The maximum absolute atomic E-state index is 13.8. The van der Waals surface area contributed by atoms with Gasteiger partial charge in [-0.2, -0.15) is 5.26 Å². The molecule has 4 aromatic rings. The summed E-state index contributed by atoms with van der Waals surface area (Å²) in [4.78, 5) is 26.0. The third-order valence-electron chi connectivity index (χ3n) is 5.37. The summed E-state index contributed by atoms with van der Waals surface area (Å²) in [5, 5.41) is 13.3. The number of nitriles is 1. The van der Waals surface area contributed by atoms with Gasteiger partial charge in [-0.15, -0.1) is 0 Å². The first-order chi connectivity index (χ1) is 16.9. The van der Waals surface area contributed by atoms with Crippen molar-refractivity contribution >= 4 is 40.0 Å². The van der Waals surface area contributed by atoms with Crippen LogP contribution in [0, 0.1) is 18.3 Å². The number of aryl methyl sites for hydroxylation is 1. The minimum Gasteiger partial charge on any atom is -0.455 e. The van der Waals surface area contributed by atoms with Crippen LogP contribution in [-0.2, 0) is 0 Å². The van der Waals surface area contributed by atoms with Crippen LogP contribution in [-0.4, -0.2) is 23.2 Å². The maximum Gasteiger partial charge on any atom is 0.202 e. The zero-order valence-electron chi connectivity index (χ0n) is 19.2. The fraction of sp³-hybridized carbons (Fsp3) is 0.160. The molecule has 0 fully saturated rings. The fourth-order valence-electron chi connectivity index (χ4n) is 3.83. The summed E-state index contributed by atoms with van der Waals surface area (Å²) in [6.07, 6.45) is 5.43. The maximum atomic E-state index is 13.8. The molecule has 0 radical (unpaired) electrons. The minimum absolute atomic E-state index is 0.157. The number of benzene rings is 1. The van der Waals surface area contributed by atoms with Gasteiger partial charge in [0.2, 0.25) is 5.43 Å². The molecule has 0 saturated heterocycles. The first-order valence-corrected chi connectivity index (χ1v) is 10.9. The molecule has 3 aromatic heterocycles. The molecule has 3 heterocycles. The summed E-state index contributed by atoms with van der Waals surface area (Å²) in [5.74, 6) is 0.215. The molecule has 0 spiro atoms. The number of nitrogens with zero attached hydrogens (tertiary/aromatic N) is 4. The molecule has 0 bridgehead atoms. The smallest absolute Gasteiger partial charge is 0.202 e. The van der Waals surface area contributed by atoms with E-state index in [1.807, 2.05) is 26.0 Å². The average molecular weight is 489 g/mol. The molecule has 0 aliphatic carbocycles. The van der Waals surface area contributed by atoms with Gasteiger partial charge in [0.05, 0.1) is 28.3 Å². The number of nitrogens with one attached hydrogen (secondary N) is 1. The molecule has 35 heavy (non-hydrogen) atoms. The van der Waals surface area contributed by atoms with Gasteiger partial charge in [-0.25, -0.2) is 9.97 Å². The third-order valence-corrected chi connectivity index (χ3v) is 5.58. The number of aromatic nitrogens is 2. The monoisotopic (exact) mass is 488 g/mol. The van der Waals surface area contributed by atoms with Crippen LogP contribution in [0.15, 0.2) is 61.7 Å². The van der Waals surface area contributed by atoms with E-state index in [1.54, 1.807) is 25.2 Å². The lowest BCUT2D eigenvalue weighted by Crippen LogP contribution is -2.14. The molecule has 9 nitrogen and oxygen atoms in total. The molecule has 1 aromatic carbocycles. The van der Waals surface area contributed by atoms with Gasteiger partial charge >= 0.3 is 0 Å².